The summed E-state index contributed by atoms with van der Waals surface area (Å²) >= 11 is 0. The summed E-state index contributed by atoms with van der Waals surface area (Å²) in [4.78, 5) is 22.6. The average molecular weight is 309 g/mol. The number of carbonyl (C=O) groups excluding carboxylic acids is 1. The third-order valence-electron chi connectivity index (χ3n) is 2.90. The molecule has 1 rings (SSSR count). The van der Waals surface area contributed by atoms with Crippen LogP contribution in [0.2, 0.25) is 0 Å². The largest absolute Gasteiger partial charge is 0.481 e. The maximum Gasteiger partial charge on any atom is 0.341 e. The van der Waals surface area contributed by atoms with Gasteiger partial charge < -0.3 is 19.9 Å². The Bertz CT molecular complexity index is 516. The number of amides is 1. The van der Waals surface area contributed by atoms with Crippen LogP contribution in [0, 0.1) is 13.8 Å². The Kier molecular flexibility index (Phi) is 6.85. The van der Waals surface area contributed by atoms with E-state index in [1.165, 1.54) is 0 Å². The second-order valence-electron chi connectivity index (χ2n) is 5.30. The zero-order valence-electron chi connectivity index (χ0n) is 13.4. The maximum absolute atomic E-state index is 12.1. The highest BCUT2D eigenvalue weighted by atomic mass is 16.5. The van der Waals surface area contributed by atoms with Crippen molar-refractivity contribution in [2.24, 2.45) is 0 Å². The van der Waals surface area contributed by atoms with Crippen molar-refractivity contribution in [3.05, 3.63) is 28.8 Å². The molecule has 2 N–H and O–H groups in total. The highest BCUT2D eigenvalue weighted by Gasteiger charge is 2.12. The molecule has 122 valence electrons. The molecule has 0 aliphatic heterocycles. The smallest absolute Gasteiger partial charge is 0.341 e. The Morgan fingerprint density at radius 1 is 1.23 bits per heavy atom. The predicted molar refractivity (Wildman–Crippen MR) is 82.5 cm³/mol. The van der Waals surface area contributed by atoms with E-state index in [0.29, 0.717) is 24.5 Å². The highest BCUT2D eigenvalue weighted by molar-refractivity contribution is 5.94. The van der Waals surface area contributed by atoms with Crippen LogP contribution in [0.3, 0.4) is 0 Å². The van der Waals surface area contributed by atoms with Crippen molar-refractivity contribution in [1.82, 2.24) is 5.32 Å². The number of carboxylic acids is 1. The van der Waals surface area contributed by atoms with Crippen molar-refractivity contribution >= 4 is 11.9 Å². The van der Waals surface area contributed by atoms with Gasteiger partial charge in [-0.25, -0.2) is 4.79 Å². The van der Waals surface area contributed by atoms with E-state index < -0.39 is 12.6 Å². The first-order valence-corrected chi connectivity index (χ1v) is 7.17. The van der Waals surface area contributed by atoms with Gasteiger partial charge in [0.2, 0.25) is 0 Å². The van der Waals surface area contributed by atoms with Crippen molar-refractivity contribution in [2.75, 3.05) is 19.8 Å². The molecule has 0 aliphatic carbocycles. The van der Waals surface area contributed by atoms with Crippen molar-refractivity contribution in [1.29, 1.82) is 0 Å². The molecule has 6 nitrogen and oxygen atoms in total. The number of nitrogens with one attached hydrogen (secondary N) is 1. The second-order valence-corrected chi connectivity index (χ2v) is 5.30. The molecule has 0 aromatic heterocycles. The summed E-state index contributed by atoms with van der Waals surface area (Å²) in [6.07, 6.45) is 0.132. The molecule has 1 amide bonds. The standard InChI is InChI=1S/C16H23NO5/c1-10(2)21-6-5-17-16(20)13-7-11(3)15(12(4)8-13)22-9-14(18)19/h7-8,10H,5-6,9H2,1-4H3,(H,17,20)(H,18,19). The van der Waals surface area contributed by atoms with Gasteiger partial charge in [0.25, 0.3) is 5.91 Å². The number of hydrogen-bond donors (Lipinski definition) is 2. The summed E-state index contributed by atoms with van der Waals surface area (Å²) in [5.74, 6) is -0.726. The predicted octanol–water partition coefficient (Wildman–Crippen LogP) is 1.92. The van der Waals surface area contributed by atoms with E-state index in [2.05, 4.69) is 5.32 Å². The molecule has 0 unspecified atom stereocenters. The lowest BCUT2D eigenvalue weighted by molar-refractivity contribution is -0.139. The molecule has 0 spiro atoms. The van der Waals surface area contributed by atoms with Crippen LogP contribution in [0.4, 0.5) is 0 Å². The molecule has 22 heavy (non-hydrogen) atoms. The lowest BCUT2D eigenvalue weighted by atomic mass is 10.1. The SMILES string of the molecule is Cc1cc(C(=O)NCCOC(C)C)cc(C)c1OCC(=O)O. The Morgan fingerprint density at radius 3 is 2.32 bits per heavy atom. The number of hydrogen-bond acceptors (Lipinski definition) is 4. The topological polar surface area (TPSA) is 84.9 Å². The van der Waals surface area contributed by atoms with Gasteiger partial charge in [0, 0.05) is 12.1 Å². The molecular formula is C16H23NO5. The van der Waals surface area contributed by atoms with E-state index in [-0.39, 0.29) is 12.0 Å². The Morgan fingerprint density at radius 2 is 1.82 bits per heavy atom. The Hall–Kier alpha value is -2.08. The number of carbonyl (C=O) groups is 2. The van der Waals surface area contributed by atoms with E-state index in [4.69, 9.17) is 14.6 Å². The first-order chi connectivity index (χ1) is 10.3. The van der Waals surface area contributed by atoms with Crippen LogP contribution in [0.5, 0.6) is 5.75 Å². The number of ether oxygens (including phenoxy) is 2. The third-order valence-corrected chi connectivity index (χ3v) is 2.90. The monoisotopic (exact) mass is 309 g/mol. The van der Waals surface area contributed by atoms with Crippen molar-refractivity contribution in [2.45, 2.75) is 33.8 Å². The van der Waals surface area contributed by atoms with Crippen LogP contribution in [-0.4, -0.2) is 42.8 Å². The number of aliphatic carboxylic acids is 1. The van der Waals surface area contributed by atoms with E-state index >= 15 is 0 Å². The van der Waals surface area contributed by atoms with E-state index in [9.17, 15) is 9.59 Å². The Balaban J connectivity index is 2.68. The molecule has 1 aromatic carbocycles. The summed E-state index contributed by atoms with van der Waals surface area (Å²) in [5.41, 5.74) is 1.97. The Labute approximate surface area is 130 Å². The van der Waals surface area contributed by atoms with Crippen LogP contribution in [0.25, 0.3) is 0 Å². The molecule has 0 heterocycles. The summed E-state index contributed by atoms with van der Waals surface area (Å²) in [6.45, 7) is 7.92. The summed E-state index contributed by atoms with van der Waals surface area (Å²) in [5, 5.41) is 11.4. The van der Waals surface area contributed by atoms with Gasteiger partial charge >= 0.3 is 5.97 Å². The summed E-state index contributed by atoms with van der Waals surface area (Å²) in [6, 6.07) is 3.37. The number of carboxylic acid groups (broad SMARTS) is 1. The summed E-state index contributed by atoms with van der Waals surface area (Å²) in [7, 11) is 0. The van der Waals surface area contributed by atoms with Gasteiger partial charge in [-0.3, -0.25) is 4.79 Å². The van der Waals surface area contributed by atoms with Crippen LogP contribution in [0.1, 0.15) is 35.3 Å². The molecule has 0 atom stereocenters. The van der Waals surface area contributed by atoms with Crippen molar-refractivity contribution in [3.8, 4) is 5.75 Å². The van der Waals surface area contributed by atoms with Crippen LogP contribution in [-0.2, 0) is 9.53 Å². The van der Waals surface area contributed by atoms with Crippen molar-refractivity contribution < 1.29 is 24.2 Å². The fraction of sp³-hybridized carbons (Fsp3) is 0.500. The molecule has 0 aliphatic rings. The lowest BCUT2D eigenvalue weighted by Crippen LogP contribution is -2.28. The molecule has 0 saturated carbocycles. The van der Waals surface area contributed by atoms with Crippen LogP contribution in [0.15, 0.2) is 12.1 Å². The van der Waals surface area contributed by atoms with E-state index in [1.807, 2.05) is 13.8 Å². The maximum atomic E-state index is 12.1. The van der Waals surface area contributed by atoms with Gasteiger partial charge in [0.15, 0.2) is 6.61 Å². The highest BCUT2D eigenvalue weighted by Crippen LogP contribution is 2.24. The van der Waals surface area contributed by atoms with E-state index in [0.717, 1.165) is 11.1 Å². The van der Waals surface area contributed by atoms with Gasteiger partial charge in [0.1, 0.15) is 5.75 Å². The zero-order chi connectivity index (χ0) is 16.7. The normalized spacial score (nSPS) is 10.6. The first-order valence-electron chi connectivity index (χ1n) is 7.17. The molecule has 0 radical (unpaired) electrons. The third kappa shape index (κ3) is 5.73. The van der Waals surface area contributed by atoms with Gasteiger partial charge in [-0.15, -0.1) is 0 Å². The van der Waals surface area contributed by atoms with Gasteiger partial charge in [-0.2, -0.15) is 0 Å². The second kappa shape index (κ2) is 8.38. The minimum Gasteiger partial charge on any atom is -0.481 e. The summed E-state index contributed by atoms with van der Waals surface area (Å²) < 4.78 is 10.6. The average Bonchev–Trinajstić information content (AvgIpc) is 2.41. The van der Waals surface area contributed by atoms with Crippen LogP contribution < -0.4 is 10.1 Å². The fourth-order valence-corrected chi connectivity index (χ4v) is 2.00. The minimum absolute atomic E-state index is 0.132. The van der Waals surface area contributed by atoms with E-state index in [1.54, 1.807) is 26.0 Å². The lowest BCUT2D eigenvalue weighted by Gasteiger charge is -2.13. The van der Waals surface area contributed by atoms with Gasteiger partial charge in [0.05, 0.1) is 12.7 Å². The number of aryl methyl sites for hydroxylation is 2. The van der Waals surface area contributed by atoms with Crippen molar-refractivity contribution in [3.63, 3.8) is 0 Å². The quantitative estimate of drug-likeness (QED) is 0.717. The first kappa shape index (κ1) is 18.0. The molecule has 0 bridgehead atoms. The zero-order valence-corrected chi connectivity index (χ0v) is 13.4. The molecule has 1 aromatic rings. The molecule has 0 saturated heterocycles. The van der Waals surface area contributed by atoms with Gasteiger partial charge in [-0.1, -0.05) is 0 Å². The molecule has 6 heteroatoms. The minimum atomic E-state index is -1.04. The van der Waals surface area contributed by atoms with Crippen LogP contribution >= 0.6 is 0 Å². The fourth-order valence-electron chi connectivity index (χ4n) is 2.00. The number of benzene rings is 1. The van der Waals surface area contributed by atoms with Gasteiger partial charge in [-0.05, 0) is 51.0 Å². The number of rotatable bonds is 8. The molecular weight excluding hydrogens is 286 g/mol. The molecule has 0 fully saturated rings.